The highest BCUT2D eigenvalue weighted by molar-refractivity contribution is 5.97. The maximum absolute atomic E-state index is 11.8. The maximum Gasteiger partial charge on any atom is 0.201 e. The molecular formula is C10H12N2O2. The lowest BCUT2D eigenvalue weighted by Gasteiger charge is -2.18. The molecule has 0 saturated heterocycles. The molecule has 1 atom stereocenters. The smallest absolute Gasteiger partial charge is 0.201 e. The molecule has 0 amide bonds. The number of nitrogens with zero attached hydrogens (tertiary/aromatic N) is 1. The Balaban J connectivity index is 2.08. The third kappa shape index (κ3) is 1.73. The molecule has 1 N–H and O–H groups in total. The predicted octanol–water partition coefficient (Wildman–Crippen LogP) is 1.35. The third-order valence-electron chi connectivity index (χ3n) is 2.58. The van der Waals surface area contributed by atoms with E-state index in [1.165, 1.54) is 0 Å². The molecule has 1 aliphatic rings. The van der Waals surface area contributed by atoms with Crippen molar-refractivity contribution in [2.24, 2.45) is 5.92 Å². The van der Waals surface area contributed by atoms with Crippen LogP contribution in [0, 0.1) is 5.92 Å². The molecule has 74 valence electrons. The zero-order chi connectivity index (χ0) is 9.97. The number of aromatic nitrogens is 2. The van der Waals surface area contributed by atoms with Crippen molar-refractivity contribution in [1.82, 2.24) is 9.97 Å². The van der Waals surface area contributed by atoms with Gasteiger partial charge >= 0.3 is 0 Å². The normalized spacial score (nSPS) is 22.3. The highest BCUT2D eigenvalue weighted by Crippen LogP contribution is 2.23. The number of ketones is 2. The van der Waals surface area contributed by atoms with Gasteiger partial charge in [-0.25, -0.2) is 4.98 Å². The van der Waals surface area contributed by atoms with Gasteiger partial charge in [0.1, 0.15) is 5.78 Å². The van der Waals surface area contributed by atoms with Gasteiger partial charge in [0.15, 0.2) is 5.82 Å². The lowest BCUT2D eigenvalue weighted by molar-refractivity contribution is -0.121. The standard InChI is InChI=1S/C10H12N2O2/c13-8-3-1-2-7(6-8)9(14)10-11-4-5-12-10/h4-5,7H,1-3,6H2,(H,11,12). The monoisotopic (exact) mass is 192 g/mol. The SMILES string of the molecule is O=C1CCCC(C(=O)c2ncc[nH]2)C1. The number of rotatable bonds is 2. The summed E-state index contributed by atoms with van der Waals surface area (Å²) < 4.78 is 0. The second-order valence-corrected chi connectivity index (χ2v) is 3.63. The summed E-state index contributed by atoms with van der Waals surface area (Å²) in [6.07, 6.45) is 5.83. The fraction of sp³-hybridized carbons (Fsp3) is 0.500. The molecule has 4 nitrogen and oxygen atoms in total. The summed E-state index contributed by atoms with van der Waals surface area (Å²) in [5.74, 6) is 0.399. The Kier molecular flexibility index (Phi) is 2.43. The van der Waals surface area contributed by atoms with E-state index in [9.17, 15) is 9.59 Å². The molecule has 2 rings (SSSR count). The van der Waals surface area contributed by atoms with E-state index in [-0.39, 0.29) is 17.5 Å². The predicted molar refractivity (Wildman–Crippen MR) is 49.9 cm³/mol. The fourth-order valence-corrected chi connectivity index (χ4v) is 1.84. The van der Waals surface area contributed by atoms with E-state index in [0.717, 1.165) is 12.8 Å². The van der Waals surface area contributed by atoms with Gasteiger partial charge in [-0.3, -0.25) is 9.59 Å². The van der Waals surface area contributed by atoms with E-state index in [0.29, 0.717) is 18.7 Å². The molecule has 4 heteroatoms. The van der Waals surface area contributed by atoms with Crippen molar-refractivity contribution >= 4 is 11.6 Å². The zero-order valence-corrected chi connectivity index (χ0v) is 7.82. The Labute approximate surface area is 81.7 Å². The highest BCUT2D eigenvalue weighted by atomic mass is 16.1. The molecule has 1 saturated carbocycles. The summed E-state index contributed by atoms with van der Waals surface area (Å²) >= 11 is 0. The highest BCUT2D eigenvalue weighted by Gasteiger charge is 2.27. The molecule has 0 aromatic carbocycles. The topological polar surface area (TPSA) is 62.8 Å². The Morgan fingerprint density at radius 3 is 3.07 bits per heavy atom. The average Bonchev–Trinajstić information content (AvgIpc) is 2.69. The van der Waals surface area contributed by atoms with Crippen LogP contribution in [0.5, 0.6) is 0 Å². The molecule has 1 fully saturated rings. The molecule has 14 heavy (non-hydrogen) atoms. The Morgan fingerprint density at radius 2 is 2.43 bits per heavy atom. The summed E-state index contributed by atoms with van der Waals surface area (Å²) in [4.78, 5) is 29.6. The van der Waals surface area contributed by atoms with Crippen molar-refractivity contribution in [1.29, 1.82) is 0 Å². The number of carbonyl (C=O) groups excluding carboxylic acids is 2. The van der Waals surface area contributed by atoms with Crippen molar-refractivity contribution in [3.8, 4) is 0 Å². The quantitative estimate of drug-likeness (QED) is 0.719. The summed E-state index contributed by atoms with van der Waals surface area (Å²) in [6, 6.07) is 0. The Morgan fingerprint density at radius 1 is 1.57 bits per heavy atom. The van der Waals surface area contributed by atoms with Crippen molar-refractivity contribution in [3.63, 3.8) is 0 Å². The Bertz CT molecular complexity index is 343. The summed E-state index contributed by atoms with van der Waals surface area (Å²) in [7, 11) is 0. The molecule has 1 heterocycles. The molecule has 1 aromatic rings. The molecular weight excluding hydrogens is 180 g/mol. The molecule has 0 bridgehead atoms. The first-order valence-electron chi connectivity index (χ1n) is 4.82. The molecule has 0 spiro atoms. The van der Waals surface area contributed by atoms with E-state index in [1.54, 1.807) is 12.4 Å². The van der Waals surface area contributed by atoms with Crippen LogP contribution in [0.15, 0.2) is 12.4 Å². The number of aromatic amines is 1. The van der Waals surface area contributed by atoms with Crippen LogP contribution in [0.4, 0.5) is 0 Å². The van der Waals surface area contributed by atoms with Crippen molar-refractivity contribution in [2.45, 2.75) is 25.7 Å². The largest absolute Gasteiger partial charge is 0.342 e. The lowest BCUT2D eigenvalue weighted by Crippen LogP contribution is -2.23. The second-order valence-electron chi connectivity index (χ2n) is 3.63. The molecule has 1 aliphatic carbocycles. The van der Waals surface area contributed by atoms with Crippen LogP contribution in [-0.4, -0.2) is 21.5 Å². The van der Waals surface area contributed by atoms with Crippen LogP contribution < -0.4 is 0 Å². The van der Waals surface area contributed by atoms with E-state index >= 15 is 0 Å². The van der Waals surface area contributed by atoms with E-state index < -0.39 is 0 Å². The number of carbonyl (C=O) groups is 2. The third-order valence-corrected chi connectivity index (χ3v) is 2.58. The van der Waals surface area contributed by atoms with Crippen LogP contribution in [-0.2, 0) is 4.79 Å². The van der Waals surface area contributed by atoms with E-state index in [4.69, 9.17) is 0 Å². The van der Waals surface area contributed by atoms with Gasteiger partial charge in [-0.1, -0.05) is 0 Å². The van der Waals surface area contributed by atoms with Crippen LogP contribution in [0.3, 0.4) is 0 Å². The molecule has 1 aromatic heterocycles. The number of H-pyrrole nitrogens is 1. The minimum absolute atomic E-state index is 0.0250. The van der Waals surface area contributed by atoms with Crippen LogP contribution in [0.25, 0.3) is 0 Å². The van der Waals surface area contributed by atoms with E-state index in [2.05, 4.69) is 9.97 Å². The van der Waals surface area contributed by atoms with Gasteiger partial charge in [0.05, 0.1) is 0 Å². The van der Waals surface area contributed by atoms with Gasteiger partial charge in [0.2, 0.25) is 5.78 Å². The second kappa shape index (κ2) is 3.74. The van der Waals surface area contributed by atoms with Gasteiger partial charge in [0, 0.05) is 31.2 Å². The number of nitrogens with one attached hydrogen (secondary N) is 1. The van der Waals surface area contributed by atoms with Crippen LogP contribution in [0.1, 0.15) is 36.3 Å². The number of hydrogen-bond acceptors (Lipinski definition) is 3. The van der Waals surface area contributed by atoms with E-state index in [1.807, 2.05) is 0 Å². The minimum Gasteiger partial charge on any atom is -0.342 e. The van der Waals surface area contributed by atoms with Gasteiger partial charge < -0.3 is 4.98 Å². The number of hydrogen-bond donors (Lipinski definition) is 1. The van der Waals surface area contributed by atoms with Gasteiger partial charge in [-0.2, -0.15) is 0 Å². The average molecular weight is 192 g/mol. The first kappa shape index (κ1) is 9.12. The maximum atomic E-state index is 11.8. The van der Waals surface area contributed by atoms with Crippen molar-refractivity contribution < 1.29 is 9.59 Å². The van der Waals surface area contributed by atoms with Gasteiger partial charge in [-0.15, -0.1) is 0 Å². The number of Topliss-reactive ketones (excluding diaryl/α,β-unsaturated/α-hetero) is 2. The first-order chi connectivity index (χ1) is 6.77. The molecule has 0 radical (unpaired) electrons. The number of imidazole rings is 1. The fourth-order valence-electron chi connectivity index (χ4n) is 1.84. The summed E-state index contributed by atoms with van der Waals surface area (Å²) in [5.41, 5.74) is 0. The van der Waals surface area contributed by atoms with Crippen LogP contribution >= 0.6 is 0 Å². The van der Waals surface area contributed by atoms with Gasteiger partial charge in [-0.05, 0) is 12.8 Å². The first-order valence-corrected chi connectivity index (χ1v) is 4.82. The van der Waals surface area contributed by atoms with Crippen LogP contribution in [0.2, 0.25) is 0 Å². The molecule has 0 aliphatic heterocycles. The summed E-state index contributed by atoms with van der Waals surface area (Å²) in [6.45, 7) is 0. The Hall–Kier alpha value is -1.45. The zero-order valence-electron chi connectivity index (χ0n) is 7.82. The summed E-state index contributed by atoms with van der Waals surface area (Å²) in [5, 5.41) is 0. The van der Waals surface area contributed by atoms with Crippen molar-refractivity contribution in [2.75, 3.05) is 0 Å². The minimum atomic E-state index is -0.151. The lowest BCUT2D eigenvalue weighted by atomic mass is 9.85. The van der Waals surface area contributed by atoms with Gasteiger partial charge in [0.25, 0.3) is 0 Å². The molecule has 1 unspecified atom stereocenters. The van der Waals surface area contributed by atoms with Crippen molar-refractivity contribution in [3.05, 3.63) is 18.2 Å².